The van der Waals surface area contributed by atoms with Gasteiger partial charge in [-0.1, -0.05) is 36.4 Å². The Hall–Kier alpha value is -2.38. The van der Waals surface area contributed by atoms with Crippen molar-refractivity contribution >= 4 is 16.0 Å². The molecule has 0 aliphatic rings. The number of methoxy groups -OCH3 is 1. The summed E-state index contributed by atoms with van der Waals surface area (Å²) in [4.78, 5) is 10.8. The summed E-state index contributed by atoms with van der Waals surface area (Å²) >= 11 is 0. The van der Waals surface area contributed by atoms with E-state index < -0.39 is 16.0 Å². The highest BCUT2D eigenvalue weighted by atomic mass is 32.2. The number of ether oxygens (including phenoxy) is 1. The molecule has 0 aliphatic heterocycles. The Morgan fingerprint density at radius 1 is 1.12 bits per heavy atom. The topological polar surface area (TPSA) is 83.9 Å². The fraction of sp³-hybridized carbons (Fsp3) is 0.235. The van der Waals surface area contributed by atoms with Crippen LogP contribution in [0, 0.1) is 0 Å². The Morgan fingerprint density at radius 3 is 2.38 bits per heavy atom. The minimum atomic E-state index is -3.82. The van der Waals surface area contributed by atoms with Crippen LogP contribution < -0.4 is 4.74 Å². The number of carboxylic acids is 1. The van der Waals surface area contributed by atoms with Gasteiger partial charge < -0.3 is 9.84 Å². The normalized spacial score (nSPS) is 11.5. The van der Waals surface area contributed by atoms with Crippen molar-refractivity contribution in [1.82, 2.24) is 4.31 Å². The molecular weight excluding hydrogens is 330 g/mol. The number of aliphatic carboxylic acids is 1. The van der Waals surface area contributed by atoms with Crippen LogP contribution in [0.1, 0.15) is 11.1 Å². The quantitative estimate of drug-likeness (QED) is 0.828. The number of nitrogens with zero attached hydrogens (tertiary/aromatic N) is 1. The average molecular weight is 349 g/mol. The Kier molecular flexibility index (Phi) is 5.58. The van der Waals surface area contributed by atoms with Crippen LogP contribution >= 0.6 is 0 Å². The largest absolute Gasteiger partial charge is 0.495 e. The lowest BCUT2D eigenvalue weighted by Gasteiger charge is -2.19. The first kappa shape index (κ1) is 18.0. The van der Waals surface area contributed by atoms with Crippen molar-refractivity contribution < 1.29 is 23.1 Å². The molecule has 0 fully saturated rings. The van der Waals surface area contributed by atoms with E-state index in [1.165, 1.54) is 30.6 Å². The van der Waals surface area contributed by atoms with E-state index in [2.05, 4.69) is 0 Å². The van der Waals surface area contributed by atoms with Gasteiger partial charge in [-0.15, -0.1) is 0 Å². The zero-order valence-electron chi connectivity index (χ0n) is 13.5. The first-order valence-corrected chi connectivity index (χ1v) is 8.67. The van der Waals surface area contributed by atoms with Gasteiger partial charge in [0.1, 0.15) is 10.6 Å². The third-order valence-corrected chi connectivity index (χ3v) is 5.34. The monoisotopic (exact) mass is 349 g/mol. The molecule has 0 radical (unpaired) electrons. The molecule has 1 N–H and O–H groups in total. The smallest absolute Gasteiger partial charge is 0.307 e. The second-order valence-electron chi connectivity index (χ2n) is 5.30. The summed E-state index contributed by atoms with van der Waals surface area (Å²) in [7, 11) is -0.968. The zero-order chi connectivity index (χ0) is 17.7. The molecule has 0 heterocycles. The van der Waals surface area contributed by atoms with Crippen molar-refractivity contribution in [3.8, 4) is 5.75 Å². The second-order valence-corrected chi connectivity index (χ2v) is 7.32. The Balaban J connectivity index is 2.37. The molecule has 0 spiro atoms. The summed E-state index contributed by atoms with van der Waals surface area (Å²) in [6.45, 7) is 0.204. The van der Waals surface area contributed by atoms with Crippen molar-refractivity contribution in [2.45, 2.75) is 17.9 Å². The van der Waals surface area contributed by atoms with Crippen LogP contribution in [0.3, 0.4) is 0 Å². The molecule has 0 bridgehead atoms. The Bertz CT molecular complexity index is 818. The van der Waals surface area contributed by atoms with E-state index in [1.54, 1.807) is 6.07 Å². The lowest BCUT2D eigenvalue weighted by Crippen LogP contribution is -2.27. The van der Waals surface area contributed by atoms with Crippen LogP contribution in [0.25, 0.3) is 0 Å². The molecule has 0 aliphatic carbocycles. The van der Waals surface area contributed by atoms with Gasteiger partial charge >= 0.3 is 5.97 Å². The molecule has 0 aromatic heterocycles. The maximum atomic E-state index is 12.9. The van der Waals surface area contributed by atoms with Gasteiger partial charge in [0.05, 0.1) is 13.5 Å². The van der Waals surface area contributed by atoms with Crippen LogP contribution in [-0.2, 0) is 27.8 Å². The van der Waals surface area contributed by atoms with E-state index in [-0.39, 0.29) is 23.6 Å². The standard InChI is InChI=1S/C17H19NO5S/c1-18(12-13-6-4-3-5-7-13)24(21,22)16-10-14(11-17(19)20)8-9-15(16)23-2/h3-10H,11-12H2,1-2H3,(H,19,20). The highest BCUT2D eigenvalue weighted by molar-refractivity contribution is 7.89. The second kappa shape index (κ2) is 7.46. The van der Waals surface area contributed by atoms with Gasteiger partial charge in [-0.3, -0.25) is 4.79 Å². The number of hydrogen-bond donors (Lipinski definition) is 1. The van der Waals surface area contributed by atoms with E-state index in [9.17, 15) is 13.2 Å². The number of sulfonamides is 1. The van der Waals surface area contributed by atoms with Crippen LogP contribution in [-0.4, -0.2) is 38.0 Å². The number of carbonyl (C=O) groups is 1. The van der Waals surface area contributed by atoms with Crippen LogP contribution in [0.5, 0.6) is 5.75 Å². The minimum absolute atomic E-state index is 0.0396. The highest BCUT2D eigenvalue weighted by Gasteiger charge is 2.25. The van der Waals surface area contributed by atoms with Gasteiger partial charge in [0, 0.05) is 13.6 Å². The Labute approximate surface area is 141 Å². The van der Waals surface area contributed by atoms with E-state index in [0.29, 0.717) is 5.56 Å². The molecule has 0 saturated heterocycles. The van der Waals surface area contributed by atoms with Gasteiger partial charge in [-0.05, 0) is 23.3 Å². The van der Waals surface area contributed by atoms with Gasteiger partial charge in [0.2, 0.25) is 10.0 Å². The lowest BCUT2D eigenvalue weighted by molar-refractivity contribution is -0.136. The third-order valence-electron chi connectivity index (χ3n) is 3.52. The molecular formula is C17H19NO5S. The fourth-order valence-electron chi connectivity index (χ4n) is 2.30. The molecule has 24 heavy (non-hydrogen) atoms. The van der Waals surface area contributed by atoms with Crippen molar-refractivity contribution in [3.63, 3.8) is 0 Å². The highest BCUT2D eigenvalue weighted by Crippen LogP contribution is 2.28. The molecule has 0 unspecified atom stereocenters. The summed E-state index contributed by atoms with van der Waals surface area (Å²) < 4.78 is 32.1. The van der Waals surface area contributed by atoms with Gasteiger partial charge in [0.15, 0.2) is 0 Å². The molecule has 0 atom stereocenters. The molecule has 2 aromatic rings. The van der Waals surface area contributed by atoms with E-state index in [0.717, 1.165) is 5.56 Å². The van der Waals surface area contributed by atoms with Crippen molar-refractivity contribution in [2.75, 3.05) is 14.2 Å². The lowest BCUT2D eigenvalue weighted by atomic mass is 10.1. The Morgan fingerprint density at radius 2 is 1.79 bits per heavy atom. The molecule has 2 rings (SSSR count). The first-order valence-electron chi connectivity index (χ1n) is 7.23. The van der Waals surface area contributed by atoms with E-state index in [1.807, 2.05) is 30.3 Å². The van der Waals surface area contributed by atoms with E-state index >= 15 is 0 Å². The fourth-order valence-corrected chi connectivity index (χ4v) is 3.66. The summed E-state index contributed by atoms with van der Waals surface area (Å²) in [6.07, 6.45) is -0.255. The van der Waals surface area contributed by atoms with Crippen molar-refractivity contribution in [2.24, 2.45) is 0 Å². The number of hydrogen-bond acceptors (Lipinski definition) is 4. The minimum Gasteiger partial charge on any atom is -0.495 e. The van der Waals surface area contributed by atoms with Gasteiger partial charge in [-0.25, -0.2) is 8.42 Å². The van der Waals surface area contributed by atoms with E-state index in [4.69, 9.17) is 9.84 Å². The maximum absolute atomic E-state index is 12.9. The van der Waals surface area contributed by atoms with Crippen molar-refractivity contribution in [3.05, 3.63) is 59.7 Å². The van der Waals surface area contributed by atoms with Crippen molar-refractivity contribution in [1.29, 1.82) is 0 Å². The summed E-state index contributed by atoms with van der Waals surface area (Å²) in [5, 5.41) is 8.90. The van der Waals surface area contributed by atoms with Crippen LogP contribution in [0.4, 0.5) is 0 Å². The molecule has 7 heteroatoms. The molecule has 0 amide bonds. The maximum Gasteiger partial charge on any atom is 0.307 e. The number of rotatable bonds is 7. The molecule has 0 saturated carbocycles. The van der Waals surface area contributed by atoms with Gasteiger partial charge in [0.25, 0.3) is 0 Å². The summed E-state index contributed by atoms with van der Waals surface area (Å²) in [5.74, 6) is -0.842. The number of benzene rings is 2. The predicted molar refractivity (Wildman–Crippen MR) is 89.4 cm³/mol. The third kappa shape index (κ3) is 4.12. The van der Waals surface area contributed by atoms with Gasteiger partial charge in [-0.2, -0.15) is 4.31 Å². The molecule has 6 nitrogen and oxygen atoms in total. The zero-order valence-corrected chi connectivity index (χ0v) is 14.3. The first-order chi connectivity index (χ1) is 11.3. The SMILES string of the molecule is COc1ccc(CC(=O)O)cc1S(=O)(=O)N(C)Cc1ccccc1. The summed E-state index contributed by atoms with van der Waals surface area (Å²) in [6, 6.07) is 13.6. The van der Waals surface area contributed by atoms with Crippen LogP contribution in [0.15, 0.2) is 53.4 Å². The summed E-state index contributed by atoms with van der Waals surface area (Å²) in [5.41, 5.74) is 1.25. The molecule has 128 valence electrons. The molecule has 2 aromatic carbocycles. The number of carboxylic acid groups (broad SMARTS) is 1. The average Bonchev–Trinajstić information content (AvgIpc) is 2.55. The van der Waals surface area contributed by atoms with Crippen LogP contribution in [0.2, 0.25) is 0 Å². The predicted octanol–water partition coefficient (Wildman–Crippen LogP) is 2.14.